The van der Waals surface area contributed by atoms with E-state index < -0.39 is 0 Å². The molecule has 1 heterocycles. The van der Waals surface area contributed by atoms with Crippen LogP contribution in [0, 0.1) is 0 Å². The second-order valence-corrected chi connectivity index (χ2v) is 4.87. The van der Waals surface area contributed by atoms with Crippen molar-refractivity contribution in [3.8, 4) is 0 Å². The number of morpholine rings is 1. The van der Waals surface area contributed by atoms with Gasteiger partial charge < -0.3 is 20.3 Å². The number of ether oxygens (including phenoxy) is 1. The van der Waals surface area contributed by atoms with Crippen molar-refractivity contribution in [1.82, 2.24) is 15.5 Å². The maximum Gasteiger partial charge on any atom is 0.239 e. The second kappa shape index (κ2) is 10.7. The lowest BCUT2D eigenvalue weighted by molar-refractivity contribution is -0.128. The molecule has 0 unspecified atom stereocenters. The molecule has 1 rings (SSSR count). The zero-order valence-electron chi connectivity index (χ0n) is 12.1. The summed E-state index contributed by atoms with van der Waals surface area (Å²) in [6.07, 6.45) is -0.0495. The minimum absolute atomic E-state index is 0. The molecule has 0 aliphatic carbocycles. The lowest BCUT2D eigenvalue weighted by atomic mass is 10.1. The molecule has 0 saturated carbocycles. The molecule has 2 N–H and O–H groups in total. The Morgan fingerprint density at radius 3 is 2.63 bits per heavy atom. The van der Waals surface area contributed by atoms with Crippen LogP contribution in [0.1, 0.15) is 20.8 Å². The van der Waals surface area contributed by atoms with E-state index in [1.54, 1.807) is 0 Å². The first-order valence-corrected chi connectivity index (χ1v) is 6.35. The van der Waals surface area contributed by atoms with Gasteiger partial charge in [0.2, 0.25) is 5.91 Å². The fraction of sp³-hybridized carbons (Fsp3) is 0.917. The molecule has 0 aromatic heterocycles. The maximum absolute atomic E-state index is 11.9. The van der Waals surface area contributed by atoms with Crippen LogP contribution in [0.25, 0.3) is 0 Å². The van der Waals surface area contributed by atoms with Gasteiger partial charge in [-0.15, -0.1) is 24.8 Å². The molecule has 1 saturated heterocycles. The molecule has 19 heavy (non-hydrogen) atoms. The molecular weight excluding hydrogens is 289 g/mol. The number of carbonyl (C=O) groups is 1. The van der Waals surface area contributed by atoms with Crippen LogP contribution in [0.2, 0.25) is 0 Å². The number of hydrogen-bond acceptors (Lipinski definition) is 4. The van der Waals surface area contributed by atoms with Crippen molar-refractivity contribution in [1.29, 1.82) is 0 Å². The van der Waals surface area contributed by atoms with Crippen LogP contribution < -0.4 is 10.6 Å². The minimum Gasteiger partial charge on any atom is -0.375 e. The number of carbonyl (C=O) groups excluding carboxylic acids is 1. The summed E-state index contributed by atoms with van der Waals surface area (Å²) in [6.45, 7) is 9.18. The Bertz CT molecular complexity index is 255. The van der Waals surface area contributed by atoms with Crippen molar-refractivity contribution >= 4 is 30.7 Å². The van der Waals surface area contributed by atoms with E-state index in [4.69, 9.17) is 4.74 Å². The normalized spacial score (nSPS) is 22.6. The second-order valence-electron chi connectivity index (χ2n) is 4.87. The predicted molar refractivity (Wildman–Crippen MR) is 82.5 cm³/mol. The molecule has 0 aromatic rings. The number of hydrogen-bond donors (Lipinski definition) is 2. The van der Waals surface area contributed by atoms with Crippen molar-refractivity contribution in [3.63, 3.8) is 0 Å². The zero-order valence-corrected chi connectivity index (χ0v) is 13.8. The molecule has 1 aliphatic heterocycles. The van der Waals surface area contributed by atoms with Gasteiger partial charge in [-0.2, -0.15) is 0 Å². The molecule has 1 amide bonds. The molecule has 0 spiro atoms. The molecule has 7 heteroatoms. The average molecular weight is 316 g/mol. The fourth-order valence-electron chi connectivity index (χ4n) is 1.75. The van der Waals surface area contributed by atoms with E-state index in [2.05, 4.69) is 36.4 Å². The zero-order chi connectivity index (χ0) is 12.8. The first-order valence-electron chi connectivity index (χ1n) is 6.35. The highest BCUT2D eigenvalue weighted by Crippen LogP contribution is 2.03. The van der Waals surface area contributed by atoms with Crippen LogP contribution in [0.3, 0.4) is 0 Å². The molecular formula is C12H27Cl2N3O2. The Hall–Kier alpha value is -0.0700. The molecule has 0 aromatic carbocycles. The van der Waals surface area contributed by atoms with E-state index >= 15 is 0 Å². The molecule has 0 bridgehead atoms. The summed E-state index contributed by atoms with van der Waals surface area (Å²) >= 11 is 0. The number of nitrogens with zero attached hydrogens (tertiary/aromatic N) is 1. The van der Waals surface area contributed by atoms with Gasteiger partial charge in [0.25, 0.3) is 0 Å². The molecule has 1 aliphatic rings. The van der Waals surface area contributed by atoms with Crippen LogP contribution in [0.15, 0.2) is 0 Å². The summed E-state index contributed by atoms with van der Waals surface area (Å²) in [6, 6.07) is 0.287. The summed E-state index contributed by atoms with van der Waals surface area (Å²) < 4.78 is 5.44. The van der Waals surface area contributed by atoms with E-state index in [1.807, 2.05) is 6.92 Å². The number of amides is 1. The molecule has 2 atom stereocenters. The van der Waals surface area contributed by atoms with Gasteiger partial charge in [-0.3, -0.25) is 4.79 Å². The largest absolute Gasteiger partial charge is 0.375 e. The highest BCUT2D eigenvalue weighted by atomic mass is 35.5. The van der Waals surface area contributed by atoms with Crippen LogP contribution in [-0.2, 0) is 9.53 Å². The lowest BCUT2D eigenvalue weighted by Crippen LogP contribution is -2.56. The van der Waals surface area contributed by atoms with Crippen molar-refractivity contribution < 1.29 is 9.53 Å². The van der Waals surface area contributed by atoms with Gasteiger partial charge >= 0.3 is 0 Å². The predicted octanol–water partition coefficient (Wildman–Crippen LogP) is 0.663. The summed E-state index contributed by atoms with van der Waals surface area (Å²) in [4.78, 5) is 14.1. The van der Waals surface area contributed by atoms with Crippen LogP contribution >= 0.6 is 24.8 Å². The highest BCUT2D eigenvalue weighted by Gasteiger charge is 2.27. The Morgan fingerprint density at radius 1 is 1.47 bits per heavy atom. The van der Waals surface area contributed by atoms with Crippen LogP contribution in [0.5, 0.6) is 0 Å². The lowest BCUT2D eigenvalue weighted by Gasteiger charge is -2.29. The van der Waals surface area contributed by atoms with Gasteiger partial charge in [0.15, 0.2) is 0 Å². The first-order chi connectivity index (χ1) is 8.02. The number of nitrogens with one attached hydrogen (secondary N) is 2. The van der Waals surface area contributed by atoms with Gasteiger partial charge in [0.05, 0.1) is 12.7 Å². The molecule has 5 nitrogen and oxygen atoms in total. The number of likely N-dealkylation sites (N-methyl/N-ethyl adjacent to an activating group) is 1. The topological polar surface area (TPSA) is 53.6 Å². The monoisotopic (exact) mass is 315 g/mol. The maximum atomic E-state index is 11.9. The van der Waals surface area contributed by atoms with E-state index in [0.29, 0.717) is 19.2 Å². The van der Waals surface area contributed by atoms with E-state index in [0.717, 1.165) is 13.1 Å². The summed E-state index contributed by atoms with van der Waals surface area (Å²) in [5.41, 5.74) is 0. The molecule has 116 valence electrons. The summed E-state index contributed by atoms with van der Waals surface area (Å²) in [5, 5.41) is 6.12. The van der Waals surface area contributed by atoms with Crippen LogP contribution in [-0.4, -0.2) is 62.3 Å². The van der Waals surface area contributed by atoms with E-state index in [9.17, 15) is 4.79 Å². The average Bonchev–Trinajstić information content (AvgIpc) is 2.29. The molecule has 0 radical (unpaired) electrons. The van der Waals surface area contributed by atoms with E-state index in [-0.39, 0.29) is 42.9 Å². The highest BCUT2D eigenvalue weighted by molar-refractivity contribution is 5.85. The standard InChI is InChI=1S/C12H25N3O2.2ClH/c1-9(2)15(4)7-5-14-12(16)11-10(3)17-8-6-13-11;;/h9-11,13H,5-8H2,1-4H3,(H,14,16);2*1H/t10-,11+;;/m1../s1. The summed E-state index contributed by atoms with van der Waals surface area (Å²) in [5.74, 6) is 0.0364. The Kier molecular flexibility index (Phi) is 11.9. The third kappa shape index (κ3) is 7.32. The smallest absolute Gasteiger partial charge is 0.239 e. The molecule has 1 fully saturated rings. The minimum atomic E-state index is -0.215. The van der Waals surface area contributed by atoms with Crippen molar-refractivity contribution in [2.75, 3.05) is 33.3 Å². The number of halogens is 2. The summed E-state index contributed by atoms with van der Waals surface area (Å²) in [7, 11) is 2.06. The van der Waals surface area contributed by atoms with Gasteiger partial charge in [0, 0.05) is 25.7 Å². The Labute approximate surface area is 128 Å². The van der Waals surface area contributed by atoms with Crippen molar-refractivity contribution in [3.05, 3.63) is 0 Å². The van der Waals surface area contributed by atoms with Gasteiger partial charge in [-0.25, -0.2) is 0 Å². The van der Waals surface area contributed by atoms with Gasteiger partial charge in [0.1, 0.15) is 6.04 Å². The number of rotatable bonds is 5. The van der Waals surface area contributed by atoms with Gasteiger partial charge in [-0.1, -0.05) is 0 Å². The van der Waals surface area contributed by atoms with E-state index in [1.165, 1.54) is 0 Å². The third-order valence-electron chi connectivity index (χ3n) is 3.24. The third-order valence-corrected chi connectivity index (χ3v) is 3.24. The Balaban J connectivity index is 0. The van der Waals surface area contributed by atoms with Gasteiger partial charge in [-0.05, 0) is 27.8 Å². The SMILES string of the molecule is CC(C)N(C)CCNC(=O)[C@H]1NCCO[C@@H]1C.Cl.Cl. The van der Waals surface area contributed by atoms with Crippen LogP contribution in [0.4, 0.5) is 0 Å². The van der Waals surface area contributed by atoms with Crippen molar-refractivity contribution in [2.45, 2.75) is 39.0 Å². The Morgan fingerprint density at radius 2 is 2.11 bits per heavy atom. The first kappa shape index (κ1) is 21.2. The quantitative estimate of drug-likeness (QED) is 0.783. The fourth-order valence-corrected chi connectivity index (χ4v) is 1.75. The van der Waals surface area contributed by atoms with Crippen molar-refractivity contribution in [2.24, 2.45) is 0 Å².